The number of aromatic nitrogens is 3. The lowest BCUT2D eigenvalue weighted by molar-refractivity contribution is -0.0500. The molecule has 0 bridgehead atoms. The van der Waals surface area contributed by atoms with Crippen molar-refractivity contribution in [2.24, 2.45) is 5.92 Å². The second-order valence-electron chi connectivity index (χ2n) is 5.02. The van der Waals surface area contributed by atoms with Crippen LogP contribution in [0.25, 0.3) is 11.0 Å². The maximum absolute atomic E-state index is 12.5. The number of hydrogen-bond donors (Lipinski definition) is 1. The monoisotopic (exact) mass is 355 g/mol. The Bertz CT molecular complexity index is 830. The Morgan fingerprint density at radius 1 is 1.41 bits per heavy atom. The van der Waals surface area contributed by atoms with Gasteiger partial charge in [0.05, 0.1) is 5.52 Å². The summed E-state index contributed by atoms with van der Waals surface area (Å²) in [6.07, 6.45) is 2.21. The lowest BCUT2D eigenvalue weighted by atomic mass is 10.1. The van der Waals surface area contributed by atoms with Gasteiger partial charge in [0.1, 0.15) is 10.5 Å². The first kappa shape index (κ1) is 15.3. The second kappa shape index (κ2) is 4.98. The number of H-pyrrole nitrogens is 1. The Morgan fingerprint density at radius 3 is 2.68 bits per heavy atom. The van der Waals surface area contributed by atoms with Gasteiger partial charge in [-0.3, -0.25) is 5.10 Å². The molecule has 1 heterocycles. The van der Waals surface area contributed by atoms with Gasteiger partial charge in [0.15, 0.2) is 5.75 Å². The number of fused-ring (bicyclic) bond motifs is 1. The minimum atomic E-state index is -5.81. The molecule has 1 saturated carbocycles. The van der Waals surface area contributed by atoms with Gasteiger partial charge in [-0.1, -0.05) is 16.8 Å². The summed E-state index contributed by atoms with van der Waals surface area (Å²) in [5.41, 5.74) is -4.81. The van der Waals surface area contributed by atoms with Gasteiger partial charge in [-0.25, -0.2) is 0 Å². The smallest absolute Gasteiger partial charge is 0.374 e. The zero-order valence-corrected chi connectivity index (χ0v) is 12.4. The predicted molar refractivity (Wildman–Crippen MR) is 70.9 cm³/mol. The molecule has 1 aliphatic carbocycles. The highest BCUT2D eigenvalue weighted by Crippen LogP contribution is 2.42. The minimum Gasteiger partial charge on any atom is -0.374 e. The first-order valence-corrected chi connectivity index (χ1v) is 8.00. The summed E-state index contributed by atoms with van der Waals surface area (Å²) in [5.74, 6) is -0.257. The Balaban J connectivity index is 2.11. The second-order valence-corrected chi connectivity index (χ2v) is 6.93. The molecule has 1 aromatic heterocycles. The number of halogens is 4. The Hall–Kier alpha value is -1.55. The molecule has 11 heteroatoms. The molecule has 1 N–H and O–H groups in total. The molecule has 22 heavy (non-hydrogen) atoms. The van der Waals surface area contributed by atoms with Crippen molar-refractivity contribution in [3.05, 3.63) is 16.7 Å². The summed E-state index contributed by atoms with van der Waals surface area (Å²) in [7, 11) is -5.81. The van der Waals surface area contributed by atoms with Crippen molar-refractivity contribution in [1.82, 2.24) is 15.4 Å². The molecule has 0 spiro atoms. The molecular formula is C11H9ClF3N3O3S. The van der Waals surface area contributed by atoms with E-state index in [0.29, 0.717) is 11.9 Å². The van der Waals surface area contributed by atoms with E-state index in [1.807, 2.05) is 0 Å². The van der Waals surface area contributed by atoms with Crippen LogP contribution in [-0.2, 0) is 16.5 Å². The van der Waals surface area contributed by atoms with Crippen LogP contribution in [0.3, 0.4) is 0 Å². The molecule has 1 fully saturated rings. The van der Waals surface area contributed by atoms with E-state index in [4.69, 9.17) is 11.6 Å². The van der Waals surface area contributed by atoms with Gasteiger partial charge >= 0.3 is 15.6 Å². The summed E-state index contributed by atoms with van der Waals surface area (Å²) in [5, 5.41) is 9.34. The lowest BCUT2D eigenvalue weighted by Gasteiger charge is -2.14. The van der Waals surface area contributed by atoms with Crippen molar-refractivity contribution in [1.29, 1.82) is 0 Å². The number of hydrogen-bond acceptors (Lipinski definition) is 5. The SMILES string of the molecule is O=S(=O)(Oc1c(CC2CC2)cc2[nH]nnc2c1Cl)C(F)(F)F. The molecule has 120 valence electrons. The summed E-state index contributed by atoms with van der Waals surface area (Å²) >= 11 is 5.97. The van der Waals surface area contributed by atoms with Crippen molar-refractivity contribution < 1.29 is 25.8 Å². The Kier molecular flexibility index (Phi) is 3.48. The van der Waals surface area contributed by atoms with E-state index in [9.17, 15) is 21.6 Å². The van der Waals surface area contributed by atoms with E-state index in [0.717, 1.165) is 12.8 Å². The van der Waals surface area contributed by atoms with E-state index in [1.165, 1.54) is 6.07 Å². The largest absolute Gasteiger partial charge is 0.534 e. The Morgan fingerprint density at radius 2 is 2.09 bits per heavy atom. The topological polar surface area (TPSA) is 84.9 Å². The molecule has 6 nitrogen and oxygen atoms in total. The molecule has 0 amide bonds. The van der Waals surface area contributed by atoms with Crippen LogP contribution in [0, 0.1) is 5.92 Å². The third-order valence-corrected chi connectivity index (χ3v) is 4.58. The molecule has 0 saturated heterocycles. The van der Waals surface area contributed by atoms with Gasteiger partial charge in [-0.2, -0.15) is 21.6 Å². The number of nitrogens with zero attached hydrogens (tertiary/aromatic N) is 2. The summed E-state index contributed by atoms with van der Waals surface area (Å²) in [4.78, 5) is 0. The standard InChI is InChI=1S/C11H9ClF3N3O3S/c12-8-9-7(16-18-17-9)4-6(3-5-1-2-5)10(8)21-22(19,20)11(13,14)15/h4-5H,1-3H2,(H,16,17,18). The van der Waals surface area contributed by atoms with Gasteiger partial charge in [-0.15, -0.1) is 5.10 Å². The minimum absolute atomic E-state index is 0.0496. The summed E-state index contributed by atoms with van der Waals surface area (Å²) in [6, 6.07) is 1.46. The van der Waals surface area contributed by atoms with Crippen LogP contribution in [0.2, 0.25) is 5.02 Å². The molecule has 0 radical (unpaired) electrons. The van der Waals surface area contributed by atoms with Crippen LogP contribution in [0.15, 0.2) is 6.07 Å². The molecule has 0 atom stereocenters. The van der Waals surface area contributed by atoms with Crippen molar-refractivity contribution in [2.75, 3.05) is 0 Å². The summed E-state index contributed by atoms with van der Waals surface area (Å²) < 4.78 is 64.3. The quantitative estimate of drug-likeness (QED) is 0.673. The van der Waals surface area contributed by atoms with Crippen molar-refractivity contribution >= 4 is 32.8 Å². The fraction of sp³-hybridized carbons (Fsp3) is 0.455. The highest BCUT2D eigenvalue weighted by molar-refractivity contribution is 7.88. The summed E-state index contributed by atoms with van der Waals surface area (Å²) in [6.45, 7) is 0. The zero-order valence-electron chi connectivity index (χ0n) is 10.8. The Labute approximate surface area is 127 Å². The van der Waals surface area contributed by atoms with E-state index in [2.05, 4.69) is 19.6 Å². The molecule has 1 aromatic carbocycles. The van der Waals surface area contributed by atoms with Gasteiger partial charge in [0, 0.05) is 5.56 Å². The fourth-order valence-corrected chi connectivity index (χ4v) is 2.87. The van der Waals surface area contributed by atoms with Crippen molar-refractivity contribution in [2.45, 2.75) is 24.8 Å². The van der Waals surface area contributed by atoms with Gasteiger partial charge in [0.2, 0.25) is 0 Å². The van der Waals surface area contributed by atoms with Gasteiger partial charge in [0.25, 0.3) is 0 Å². The lowest BCUT2D eigenvalue weighted by Crippen LogP contribution is -2.28. The number of alkyl halides is 3. The molecular weight excluding hydrogens is 347 g/mol. The van der Waals surface area contributed by atoms with E-state index >= 15 is 0 Å². The number of nitrogens with one attached hydrogen (secondary N) is 1. The van der Waals surface area contributed by atoms with Gasteiger partial charge < -0.3 is 4.18 Å². The molecule has 2 aromatic rings. The zero-order chi connectivity index (χ0) is 16.1. The molecule has 0 unspecified atom stereocenters. The normalized spacial score (nSPS) is 16.2. The molecule has 0 aliphatic heterocycles. The number of benzene rings is 1. The first-order valence-electron chi connectivity index (χ1n) is 6.22. The van der Waals surface area contributed by atoms with Crippen LogP contribution < -0.4 is 4.18 Å². The van der Waals surface area contributed by atoms with Gasteiger partial charge in [-0.05, 0) is 31.2 Å². The van der Waals surface area contributed by atoms with Crippen molar-refractivity contribution in [3.63, 3.8) is 0 Å². The first-order chi connectivity index (χ1) is 10.2. The van der Waals surface area contributed by atoms with E-state index in [1.54, 1.807) is 0 Å². The highest BCUT2D eigenvalue weighted by atomic mass is 35.5. The van der Waals surface area contributed by atoms with Crippen LogP contribution in [0.1, 0.15) is 18.4 Å². The number of rotatable bonds is 4. The molecule has 3 rings (SSSR count). The fourth-order valence-electron chi connectivity index (χ4n) is 2.02. The van der Waals surface area contributed by atoms with Crippen LogP contribution in [0.5, 0.6) is 5.75 Å². The number of aromatic amines is 1. The third kappa shape index (κ3) is 2.72. The van der Waals surface area contributed by atoms with E-state index in [-0.39, 0.29) is 22.0 Å². The van der Waals surface area contributed by atoms with Crippen LogP contribution >= 0.6 is 11.6 Å². The molecule has 1 aliphatic rings. The average molecular weight is 356 g/mol. The highest BCUT2D eigenvalue weighted by Gasteiger charge is 2.49. The maximum Gasteiger partial charge on any atom is 0.534 e. The predicted octanol–water partition coefficient (Wildman–Crippen LogP) is 2.79. The van der Waals surface area contributed by atoms with E-state index < -0.39 is 21.4 Å². The van der Waals surface area contributed by atoms with Crippen LogP contribution in [0.4, 0.5) is 13.2 Å². The maximum atomic E-state index is 12.5. The average Bonchev–Trinajstić information content (AvgIpc) is 3.08. The van der Waals surface area contributed by atoms with Crippen molar-refractivity contribution in [3.8, 4) is 5.75 Å². The third-order valence-electron chi connectivity index (χ3n) is 3.28. The van der Waals surface area contributed by atoms with Crippen LogP contribution in [-0.4, -0.2) is 29.3 Å².